The summed E-state index contributed by atoms with van der Waals surface area (Å²) in [5.74, 6) is 0.932. The quantitative estimate of drug-likeness (QED) is 0.674. The average Bonchev–Trinajstić information content (AvgIpc) is 2.76. The topological polar surface area (TPSA) is 52.4 Å². The molecule has 0 spiro atoms. The van der Waals surface area contributed by atoms with Gasteiger partial charge in [0.05, 0.1) is 18.2 Å². The number of fused-ring (bicyclic) bond motifs is 3. The predicted molar refractivity (Wildman–Crippen MR) is 114 cm³/mol. The van der Waals surface area contributed by atoms with E-state index in [-0.39, 0.29) is 0 Å². The number of benzene rings is 2. The summed E-state index contributed by atoms with van der Waals surface area (Å²) in [5, 5.41) is 10.5. The second-order valence-electron chi connectivity index (χ2n) is 8.06. The van der Waals surface area contributed by atoms with Crippen molar-refractivity contribution in [3.8, 4) is 11.8 Å². The Balaban J connectivity index is 1.50. The molecule has 0 saturated carbocycles. The van der Waals surface area contributed by atoms with Crippen LogP contribution < -0.4 is 9.64 Å². The lowest BCUT2D eigenvalue weighted by Gasteiger charge is -2.49. The Labute approximate surface area is 171 Å². The lowest BCUT2D eigenvalue weighted by Crippen LogP contribution is -2.59. The van der Waals surface area contributed by atoms with Crippen molar-refractivity contribution in [1.29, 1.82) is 5.26 Å². The van der Waals surface area contributed by atoms with Crippen LogP contribution in [-0.4, -0.2) is 42.2 Å². The average molecular weight is 384 g/mol. The van der Waals surface area contributed by atoms with Gasteiger partial charge in [0.15, 0.2) is 0 Å². The molecule has 5 rings (SSSR count). The van der Waals surface area contributed by atoms with Gasteiger partial charge in [-0.05, 0) is 60.9 Å². The third-order valence-electron chi connectivity index (χ3n) is 6.38. The van der Waals surface area contributed by atoms with Gasteiger partial charge in [0.2, 0.25) is 0 Å². The number of piperazine rings is 1. The van der Waals surface area contributed by atoms with E-state index in [9.17, 15) is 5.26 Å². The van der Waals surface area contributed by atoms with Crippen LogP contribution in [0.15, 0.2) is 48.7 Å². The van der Waals surface area contributed by atoms with Crippen LogP contribution in [0, 0.1) is 11.3 Å². The van der Waals surface area contributed by atoms with E-state index in [1.54, 1.807) is 13.3 Å². The predicted octanol–water partition coefficient (Wildman–Crippen LogP) is 3.75. The number of rotatable bonds is 2. The second kappa shape index (κ2) is 7.06. The van der Waals surface area contributed by atoms with Gasteiger partial charge in [0, 0.05) is 49.0 Å². The summed E-state index contributed by atoms with van der Waals surface area (Å²) < 4.78 is 5.44. The van der Waals surface area contributed by atoms with Crippen LogP contribution in [0.25, 0.3) is 10.9 Å². The molecule has 2 unspecified atom stereocenters. The van der Waals surface area contributed by atoms with Crippen LogP contribution in [0.3, 0.4) is 0 Å². The SMILES string of the molecule is COc1ccc2c(c1)CC1CN(c3ccc(C#N)c4ncccc34)CC(C)N1C2. The number of nitriles is 1. The molecule has 1 fully saturated rings. The molecule has 1 saturated heterocycles. The highest BCUT2D eigenvalue weighted by molar-refractivity contribution is 5.95. The van der Waals surface area contributed by atoms with Gasteiger partial charge in [-0.1, -0.05) is 6.07 Å². The summed E-state index contributed by atoms with van der Waals surface area (Å²) in [5.41, 5.74) is 5.41. The molecule has 0 aliphatic carbocycles. The van der Waals surface area contributed by atoms with Gasteiger partial charge in [0.1, 0.15) is 11.8 Å². The number of anilines is 1. The van der Waals surface area contributed by atoms with Gasteiger partial charge in [-0.2, -0.15) is 5.26 Å². The zero-order valence-electron chi connectivity index (χ0n) is 16.8. The van der Waals surface area contributed by atoms with Crippen LogP contribution in [0.4, 0.5) is 5.69 Å². The van der Waals surface area contributed by atoms with E-state index in [1.165, 1.54) is 16.8 Å². The van der Waals surface area contributed by atoms with Crippen molar-refractivity contribution in [2.45, 2.75) is 32.0 Å². The standard InChI is InChI=1S/C24H24N4O/c1-16-13-27(23-8-6-17(12-25)24-22(23)4-3-9-26-24)15-20-10-19-11-21(29-2)7-5-18(19)14-28(16)20/h3-9,11,16,20H,10,13-15H2,1-2H3. The lowest BCUT2D eigenvalue weighted by molar-refractivity contribution is 0.101. The van der Waals surface area contributed by atoms with Crippen molar-refractivity contribution in [1.82, 2.24) is 9.88 Å². The second-order valence-corrected chi connectivity index (χ2v) is 8.06. The molecule has 0 bridgehead atoms. The zero-order valence-corrected chi connectivity index (χ0v) is 16.8. The Kier molecular flexibility index (Phi) is 4.37. The Hall–Kier alpha value is -3.10. The first-order valence-electron chi connectivity index (χ1n) is 10.1. The molecule has 5 nitrogen and oxygen atoms in total. The minimum absolute atomic E-state index is 0.450. The molecule has 0 N–H and O–H groups in total. The number of ether oxygens (including phenoxy) is 1. The zero-order chi connectivity index (χ0) is 20.0. The van der Waals surface area contributed by atoms with Crippen molar-refractivity contribution >= 4 is 16.6 Å². The van der Waals surface area contributed by atoms with Crippen molar-refractivity contribution in [3.63, 3.8) is 0 Å². The minimum atomic E-state index is 0.450. The molecule has 2 aliphatic rings. The molecule has 0 radical (unpaired) electrons. The first-order valence-corrected chi connectivity index (χ1v) is 10.1. The van der Waals surface area contributed by atoms with Gasteiger partial charge in [-0.3, -0.25) is 9.88 Å². The maximum atomic E-state index is 9.45. The number of pyridine rings is 1. The van der Waals surface area contributed by atoms with Gasteiger partial charge >= 0.3 is 0 Å². The van der Waals surface area contributed by atoms with Crippen molar-refractivity contribution < 1.29 is 4.74 Å². The first kappa shape index (κ1) is 18.0. The molecule has 2 atom stereocenters. The molecule has 3 aromatic rings. The molecule has 3 heterocycles. The maximum absolute atomic E-state index is 9.45. The number of aromatic nitrogens is 1. The van der Waals surface area contributed by atoms with E-state index in [1.807, 2.05) is 12.1 Å². The van der Waals surface area contributed by atoms with E-state index in [0.717, 1.165) is 42.7 Å². The van der Waals surface area contributed by atoms with Gasteiger partial charge in [-0.15, -0.1) is 0 Å². The van der Waals surface area contributed by atoms with E-state index < -0.39 is 0 Å². The Morgan fingerprint density at radius 3 is 2.86 bits per heavy atom. The summed E-state index contributed by atoms with van der Waals surface area (Å²) in [6, 6.07) is 17.7. The Morgan fingerprint density at radius 1 is 1.14 bits per heavy atom. The summed E-state index contributed by atoms with van der Waals surface area (Å²) in [6.45, 7) is 5.25. The molecule has 146 valence electrons. The summed E-state index contributed by atoms with van der Waals surface area (Å²) in [4.78, 5) is 9.59. The number of hydrogen-bond donors (Lipinski definition) is 0. The molecule has 5 heteroatoms. The third kappa shape index (κ3) is 3.01. The van der Waals surface area contributed by atoms with Gasteiger partial charge < -0.3 is 9.64 Å². The maximum Gasteiger partial charge on any atom is 0.119 e. The highest BCUT2D eigenvalue weighted by Crippen LogP contribution is 2.35. The normalized spacial score (nSPS) is 21.3. The van der Waals surface area contributed by atoms with Crippen molar-refractivity contribution in [2.24, 2.45) is 0 Å². The van der Waals surface area contributed by atoms with E-state index >= 15 is 0 Å². The fraction of sp³-hybridized carbons (Fsp3) is 0.333. The third-order valence-corrected chi connectivity index (χ3v) is 6.38. The van der Waals surface area contributed by atoms with Crippen LogP contribution >= 0.6 is 0 Å². The Morgan fingerprint density at radius 2 is 2.03 bits per heavy atom. The van der Waals surface area contributed by atoms with Crippen LogP contribution in [0.2, 0.25) is 0 Å². The molecule has 0 amide bonds. The number of hydrogen-bond acceptors (Lipinski definition) is 5. The number of nitrogens with zero attached hydrogens (tertiary/aromatic N) is 4. The largest absolute Gasteiger partial charge is 0.497 e. The fourth-order valence-corrected chi connectivity index (χ4v) is 4.93. The molecular formula is C24H24N4O. The minimum Gasteiger partial charge on any atom is -0.497 e. The highest BCUT2D eigenvalue weighted by atomic mass is 16.5. The molecular weight excluding hydrogens is 360 g/mol. The number of methoxy groups -OCH3 is 1. The van der Waals surface area contributed by atoms with Crippen LogP contribution in [-0.2, 0) is 13.0 Å². The molecule has 2 aromatic carbocycles. The summed E-state index contributed by atoms with van der Waals surface area (Å²) in [7, 11) is 1.73. The van der Waals surface area contributed by atoms with E-state index in [4.69, 9.17) is 4.74 Å². The van der Waals surface area contributed by atoms with Crippen molar-refractivity contribution in [2.75, 3.05) is 25.1 Å². The first-order chi connectivity index (χ1) is 14.2. The van der Waals surface area contributed by atoms with Gasteiger partial charge in [0.25, 0.3) is 0 Å². The molecule has 2 aliphatic heterocycles. The summed E-state index contributed by atoms with van der Waals surface area (Å²) in [6.07, 6.45) is 2.79. The smallest absolute Gasteiger partial charge is 0.119 e. The fourth-order valence-electron chi connectivity index (χ4n) is 4.93. The van der Waals surface area contributed by atoms with Crippen LogP contribution in [0.5, 0.6) is 5.75 Å². The van der Waals surface area contributed by atoms with E-state index in [2.05, 4.69) is 58.1 Å². The van der Waals surface area contributed by atoms with Crippen LogP contribution in [0.1, 0.15) is 23.6 Å². The molecule has 1 aromatic heterocycles. The summed E-state index contributed by atoms with van der Waals surface area (Å²) >= 11 is 0. The van der Waals surface area contributed by atoms with Gasteiger partial charge in [-0.25, -0.2) is 0 Å². The van der Waals surface area contributed by atoms with E-state index in [0.29, 0.717) is 17.6 Å². The Bertz CT molecular complexity index is 1120. The highest BCUT2D eigenvalue weighted by Gasteiger charge is 2.36. The molecule has 29 heavy (non-hydrogen) atoms. The van der Waals surface area contributed by atoms with Crippen molar-refractivity contribution in [3.05, 3.63) is 65.4 Å². The monoisotopic (exact) mass is 384 g/mol. The lowest BCUT2D eigenvalue weighted by atomic mass is 9.90.